The molecular formula is C9H15FN2O. The summed E-state index contributed by atoms with van der Waals surface area (Å²) >= 11 is 0. The molecule has 0 saturated heterocycles. The Morgan fingerprint density at radius 3 is 2.62 bits per heavy atom. The molecule has 74 valence electrons. The van der Waals surface area contributed by atoms with E-state index in [4.69, 9.17) is 0 Å². The van der Waals surface area contributed by atoms with E-state index in [1.165, 1.54) is 0 Å². The van der Waals surface area contributed by atoms with Crippen molar-refractivity contribution in [1.29, 1.82) is 0 Å². The Kier molecular flexibility index (Phi) is 3.28. The van der Waals surface area contributed by atoms with Crippen LogP contribution >= 0.6 is 0 Å². The van der Waals surface area contributed by atoms with Gasteiger partial charge in [-0.25, -0.2) is 4.79 Å². The van der Waals surface area contributed by atoms with Crippen molar-refractivity contribution < 1.29 is 4.39 Å². The molecule has 0 aliphatic carbocycles. The lowest BCUT2D eigenvalue weighted by atomic mass is 10.4. The molecule has 0 N–H and O–H groups in total. The van der Waals surface area contributed by atoms with Gasteiger partial charge in [0.2, 0.25) is 0 Å². The third kappa shape index (κ3) is 2.20. The minimum absolute atomic E-state index is 0.0524. The van der Waals surface area contributed by atoms with Crippen LogP contribution in [-0.2, 0) is 6.54 Å². The molecule has 0 aromatic carbocycles. The molecule has 1 heterocycles. The van der Waals surface area contributed by atoms with Crippen LogP contribution in [0.1, 0.15) is 26.3 Å². The lowest BCUT2D eigenvalue weighted by Crippen LogP contribution is -2.25. The number of nitrogens with zero attached hydrogens (tertiary/aromatic N) is 2. The predicted molar refractivity (Wildman–Crippen MR) is 49.7 cm³/mol. The molecule has 0 saturated carbocycles. The van der Waals surface area contributed by atoms with Gasteiger partial charge in [-0.2, -0.15) is 0 Å². The first-order chi connectivity index (χ1) is 6.16. The first-order valence-electron chi connectivity index (χ1n) is 4.50. The molecule has 1 aromatic rings. The summed E-state index contributed by atoms with van der Waals surface area (Å²) in [6.07, 6.45) is 3.85. The minimum Gasteiger partial charge on any atom is -0.299 e. The first kappa shape index (κ1) is 10.0. The molecule has 1 rings (SSSR count). The molecule has 4 heteroatoms. The van der Waals surface area contributed by atoms with Gasteiger partial charge in [-0.3, -0.25) is 13.5 Å². The number of hydrogen-bond donors (Lipinski definition) is 0. The lowest BCUT2D eigenvalue weighted by molar-refractivity contribution is 0.439. The average molecular weight is 186 g/mol. The molecule has 0 bridgehead atoms. The zero-order valence-electron chi connectivity index (χ0n) is 8.03. The number of alkyl halides is 1. The normalized spacial score (nSPS) is 11.1. The van der Waals surface area contributed by atoms with Gasteiger partial charge >= 0.3 is 5.69 Å². The number of aryl methyl sites for hydroxylation is 1. The molecule has 0 radical (unpaired) electrons. The van der Waals surface area contributed by atoms with E-state index in [2.05, 4.69) is 0 Å². The van der Waals surface area contributed by atoms with Gasteiger partial charge in [-0.05, 0) is 20.3 Å². The fraction of sp³-hybridized carbons (Fsp3) is 0.667. The highest BCUT2D eigenvalue weighted by atomic mass is 19.1. The van der Waals surface area contributed by atoms with E-state index in [0.29, 0.717) is 13.0 Å². The Labute approximate surface area is 76.8 Å². The standard InChI is InChI=1S/C9H15FN2O/c1-8(2)12-7-6-11(9(12)13)5-3-4-10/h6-8H,3-5H2,1-2H3. The van der Waals surface area contributed by atoms with Crippen molar-refractivity contribution in [1.82, 2.24) is 9.13 Å². The molecular weight excluding hydrogens is 171 g/mol. The fourth-order valence-electron chi connectivity index (χ4n) is 1.22. The van der Waals surface area contributed by atoms with Gasteiger partial charge < -0.3 is 0 Å². The highest BCUT2D eigenvalue weighted by Crippen LogP contribution is 1.99. The van der Waals surface area contributed by atoms with Crippen LogP contribution in [0, 0.1) is 0 Å². The Morgan fingerprint density at radius 1 is 1.46 bits per heavy atom. The maximum absolute atomic E-state index is 11.9. The van der Waals surface area contributed by atoms with Crippen molar-refractivity contribution in [2.24, 2.45) is 0 Å². The molecule has 0 atom stereocenters. The molecule has 0 fully saturated rings. The van der Waals surface area contributed by atoms with Crippen LogP contribution in [-0.4, -0.2) is 15.8 Å². The molecule has 0 aliphatic rings. The van der Waals surface area contributed by atoms with E-state index >= 15 is 0 Å². The van der Waals surface area contributed by atoms with E-state index in [-0.39, 0.29) is 18.4 Å². The molecule has 0 amide bonds. The number of rotatable bonds is 4. The molecule has 1 aromatic heterocycles. The summed E-state index contributed by atoms with van der Waals surface area (Å²) in [6, 6.07) is 0.166. The maximum Gasteiger partial charge on any atom is 0.328 e. The van der Waals surface area contributed by atoms with Crippen LogP contribution in [0.15, 0.2) is 17.2 Å². The second kappa shape index (κ2) is 4.25. The molecule has 0 aliphatic heterocycles. The van der Waals surface area contributed by atoms with Crippen molar-refractivity contribution in [3.05, 3.63) is 22.9 Å². The Bertz CT molecular complexity index is 314. The van der Waals surface area contributed by atoms with Gasteiger partial charge in [-0.15, -0.1) is 0 Å². The molecule has 0 unspecified atom stereocenters. The SMILES string of the molecule is CC(C)n1ccn(CCCF)c1=O. The summed E-state index contributed by atoms with van der Waals surface area (Å²) in [5.74, 6) is 0. The second-order valence-electron chi connectivity index (χ2n) is 3.32. The monoisotopic (exact) mass is 186 g/mol. The topological polar surface area (TPSA) is 26.9 Å². The summed E-state index contributed by atoms with van der Waals surface area (Å²) in [4.78, 5) is 11.5. The van der Waals surface area contributed by atoms with Crippen molar-refractivity contribution in [3.63, 3.8) is 0 Å². The van der Waals surface area contributed by atoms with Crippen LogP contribution < -0.4 is 5.69 Å². The average Bonchev–Trinajstić information content (AvgIpc) is 2.43. The minimum atomic E-state index is -0.376. The van der Waals surface area contributed by atoms with Crippen molar-refractivity contribution >= 4 is 0 Å². The smallest absolute Gasteiger partial charge is 0.299 e. The van der Waals surface area contributed by atoms with Gasteiger partial charge in [-0.1, -0.05) is 0 Å². The van der Waals surface area contributed by atoms with E-state index in [1.807, 2.05) is 13.8 Å². The highest BCUT2D eigenvalue weighted by Gasteiger charge is 2.04. The van der Waals surface area contributed by atoms with E-state index < -0.39 is 0 Å². The summed E-state index contributed by atoms with van der Waals surface area (Å²) in [5.41, 5.74) is -0.0524. The number of hydrogen-bond acceptors (Lipinski definition) is 1. The zero-order valence-corrected chi connectivity index (χ0v) is 8.03. The van der Waals surface area contributed by atoms with Crippen LogP contribution in [0.2, 0.25) is 0 Å². The Hall–Kier alpha value is -1.06. The van der Waals surface area contributed by atoms with Crippen molar-refractivity contribution in [3.8, 4) is 0 Å². The second-order valence-corrected chi connectivity index (χ2v) is 3.32. The van der Waals surface area contributed by atoms with Gasteiger partial charge in [0.05, 0.1) is 6.67 Å². The molecule has 13 heavy (non-hydrogen) atoms. The van der Waals surface area contributed by atoms with Crippen LogP contribution in [0.3, 0.4) is 0 Å². The van der Waals surface area contributed by atoms with Gasteiger partial charge in [0, 0.05) is 25.0 Å². The van der Waals surface area contributed by atoms with Gasteiger partial charge in [0.25, 0.3) is 0 Å². The van der Waals surface area contributed by atoms with Crippen molar-refractivity contribution in [2.45, 2.75) is 32.9 Å². The largest absolute Gasteiger partial charge is 0.328 e. The van der Waals surface area contributed by atoms with Crippen molar-refractivity contribution in [2.75, 3.05) is 6.67 Å². The predicted octanol–water partition coefficient (Wildman–Crippen LogP) is 1.59. The zero-order chi connectivity index (χ0) is 9.84. The van der Waals surface area contributed by atoms with Gasteiger partial charge in [0.15, 0.2) is 0 Å². The maximum atomic E-state index is 11.9. The third-order valence-electron chi connectivity index (χ3n) is 1.96. The first-order valence-corrected chi connectivity index (χ1v) is 4.50. The number of halogens is 1. The quantitative estimate of drug-likeness (QED) is 0.701. The highest BCUT2D eigenvalue weighted by molar-refractivity contribution is 4.83. The number of imidazole rings is 1. The van der Waals surface area contributed by atoms with Gasteiger partial charge in [0.1, 0.15) is 0 Å². The van der Waals surface area contributed by atoms with Crippen LogP contribution in [0.4, 0.5) is 4.39 Å². The fourth-order valence-corrected chi connectivity index (χ4v) is 1.22. The summed E-state index contributed by atoms with van der Waals surface area (Å²) in [6.45, 7) is 3.98. The summed E-state index contributed by atoms with van der Waals surface area (Å²) in [5, 5.41) is 0. The van der Waals surface area contributed by atoms with E-state index in [1.54, 1.807) is 21.5 Å². The Balaban J connectivity index is 2.81. The van der Waals surface area contributed by atoms with Crippen LogP contribution in [0.25, 0.3) is 0 Å². The molecule has 3 nitrogen and oxygen atoms in total. The lowest BCUT2D eigenvalue weighted by Gasteiger charge is -2.03. The summed E-state index contributed by atoms with van der Waals surface area (Å²) < 4.78 is 15.0. The van der Waals surface area contributed by atoms with E-state index in [9.17, 15) is 9.18 Å². The molecule has 0 spiro atoms. The van der Waals surface area contributed by atoms with E-state index in [0.717, 1.165) is 0 Å². The number of aromatic nitrogens is 2. The third-order valence-corrected chi connectivity index (χ3v) is 1.96. The van der Waals surface area contributed by atoms with Crippen LogP contribution in [0.5, 0.6) is 0 Å². The Morgan fingerprint density at radius 2 is 2.15 bits per heavy atom. The summed E-state index contributed by atoms with van der Waals surface area (Å²) in [7, 11) is 0.